The zero-order chi connectivity index (χ0) is 21.6. The summed E-state index contributed by atoms with van der Waals surface area (Å²) < 4.78 is 31.2. The van der Waals surface area contributed by atoms with E-state index in [1.54, 1.807) is 12.1 Å². The number of anilines is 1. The number of carbonyl (C=O) groups is 1. The lowest BCUT2D eigenvalue weighted by Gasteiger charge is -2.29. The van der Waals surface area contributed by atoms with Crippen LogP contribution in [0.25, 0.3) is 0 Å². The number of sulfonamides is 1. The van der Waals surface area contributed by atoms with Crippen LogP contribution in [-0.4, -0.2) is 40.3 Å². The first-order valence-corrected chi connectivity index (χ1v) is 11.5. The molecule has 0 bridgehead atoms. The van der Waals surface area contributed by atoms with Crippen LogP contribution in [0.4, 0.5) is 5.69 Å². The molecule has 0 aromatic heterocycles. The van der Waals surface area contributed by atoms with Crippen molar-refractivity contribution in [1.82, 2.24) is 5.32 Å². The van der Waals surface area contributed by atoms with E-state index < -0.39 is 16.1 Å². The first-order valence-electron chi connectivity index (χ1n) is 9.29. The van der Waals surface area contributed by atoms with Crippen LogP contribution in [0.1, 0.15) is 24.5 Å². The van der Waals surface area contributed by atoms with Gasteiger partial charge in [0.25, 0.3) is 0 Å². The molecule has 158 valence electrons. The van der Waals surface area contributed by atoms with E-state index in [0.717, 1.165) is 23.4 Å². The zero-order valence-corrected chi connectivity index (χ0v) is 18.7. The molecule has 1 N–H and O–H groups in total. The molecule has 0 aliphatic rings. The average molecular weight is 439 g/mol. The van der Waals surface area contributed by atoms with E-state index in [9.17, 15) is 13.2 Å². The monoisotopic (exact) mass is 438 g/mol. The smallest absolute Gasteiger partial charge is 0.243 e. The number of hydrogen-bond donors (Lipinski definition) is 1. The molecule has 0 spiro atoms. The number of amides is 1. The van der Waals surface area contributed by atoms with Gasteiger partial charge in [-0.3, -0.25) is 9.10 Å². The second-order valence-corrected chi connectivity index (χ2v) is 9.23. The summed E-state index contributed by atoms with van der Waals surface area (Å²) in [5.74, 6) is -0.0689. The molecule has 0 heterocycles. The number of methoxy groups -OCH3 is 1. The summed E-state index contributed by atoms with van der Waals surface area (Å²) in [4.78, 5) is 12.7. The molecular weight excluding hydrogens is 412 g/mol. The average Bonchev–Trinajstić information content (AvgIpc) is 2.64. The summed E-state index contributed by atoms with van der Waals surface area (Å²) >= 11 is 6.05. The van der Waals surface area contributed by atoms with Gasteiger partial charge in [0.15, 0.2) is 0 Å². The molecule has 0 aliphatic carbocycles. The molecule has 0 radical (unpaired) electrons. The number of aryl methyl sites for hydroxylation is 2. The van der Waals surface area contributed by atoms with Gasteiger partial charge in [-0.25, -0.2) is 8.42 Å². The lowest BCUT2D eigenvalue weighted by Crippen LogP contribution is -2.48. The van der Waals surface area contributed by atoms with Gasteiger partial charge in [0.05, 0.1) is 19.1 Å². The Hall–Kier alpha value is -2.25. The first-order chi connectivity index (χ1) is 13.6. The summed E-state index contributed by atoms with van der Waals surface area (Å²) in [5.41, 5.74) is 2.62. The van der Waals surface area contributed by atoms with Crippen molar-refractivity contribution in [1.29, 1.82) is 0 Å². The summed E-state index contributed by atoms with van der Waals surface area (Å²) in [6.45, 7) is 4.02. The maximum atomic E-state index is 12.7. The molecule has 2 rings (SSSR count). The van der Waals surface area contributed by atoms with Gasteiger partial charge in [0.2, 0.25) is 15.9 Å². The van der Waals surface area contributed by atoms with E-state index in [2.05, 4.69) is 11.4 Å². The fourth-order valence-corrected chi connectivity index (χ4v) is 4.47. The highest BCUT2D eigenvalue weighted by atomic mass is 35.5. The highest BCUT2D eigenvalue weighted by Crippen LogP contribution is 2.34. The molecule has 8 heteroatoms. The number of benzene rings is 2. The SMILES string of the molecule is COc1ccc(Cl)cc1N([C@@H](C)C(=O)NCCCc1cccc(C)c1)S(C)(=O)=O. The maximum Gasteiger partial charge on any atom is 0.243 e. The van der Waals surface area contributed by atoms with Gasteiger partial charge in [-0.15, -0.1) is 0 Å². The summed E-state index contributed by atoms with van der Waals surface area (Å²) in [6, 6.07) is 11.9. The lowest BCUT2D eigenvalue weighted by molar-refractivity contribution is -0.121. The van der Waals surface area contributed by atoms with Gasteiger partial charge >= 0.3 is 0 Å². The Morgan fingerprint density at radius 2 is 1.97 bits per heavy atom. The van der Waals surface area contributed by atoms with Crippen LogP contribution < -0.4 is 14.4 Å². The number of nitrogens with one attached hydrogen (secondary N) is 1. The quantitative estimate of drug-likeness (QED) is 0.607. The molecule has 29 heavy (non-hydrogen) atoms. The Bertz CT molecular complexity index is 963. The van der Waals surface area contributed by atoms with Crippen LogP contribution in [0.15, 0.2) is 42.5 Å². The molecule has 1 amide bonds. The highest BCUT2D eigenvalue weighted by Gasteiger charge is 2.31. The molecule has 1 atom stereocenters. The van der Waals surface area contributed by atoms with Crippen LogP contribution in [0, 0.1) is 6.92 Å². The molecule has 6 nitrogen and oxygen atoms in total. The molecule has 0 saturated heterocycles. The van der Waals surface area contributed by atoms with Crippen molar-refractivity contribution < 1.29 is 17.9 Å². The molecule has 0 saturated carbocycles. The molecule has 0 aliphatic heterocycles. The van der Waals surface area contributed by atoms with Crippen molar-refractivity contribution in [3.05, 3.63) is 58.6 Å². The molecule has 0 fully saturated rings. The molecule has 0 unspecified atom stereocenters. The Balaban J connectivity index is 2.08. The van der Waals surface area contributed by atoms with E-state index >= 15 is 0 Å². The summed E-state index contributed by atoms with van der Waals surface area (Å²) in [6.07, 6.45) is 2.63. The Morgan fingerprint density at radius 3 is 2.59 bits per heavy atom. The van der Waals surface area contributed by atoms with Crippen LogP contribution >= 0.6 is 11.6 Å². The first kappa shape index (κ1) is 23.0. The fraction of sp³-hybridized carbons (Fsp3) is 0.381. The van der Waals surface area contributed by atoms with Gasteiger partial charge in [-0.05, 0) is 50.5 Å². The maximum absolute atomic E-state index is 12.7. The van der Waals surface area contributed by atoms with E-state index in [4.69, 9.17) is 16.3 Å². The Labute approximate surface area is 177 Å². The second-order valence-electron chi connectivity index (χ2n) is 6.93. The van der Waals surface area contributed by atoms with Crippen molar-refractivity contribution in [3.8, 4) is 5.75 Å². The molecular formula is C21H27ClN2O4S. The molecule has 2 aromatic carbocycles. The summed E-state index contributed by atoms with van der Waals surface area (Å²) in [7, 11) is -2.32. The second kappa shape index (κ2) is 9.98. The minimum atomic E-state index is -3.76. The zero-order valence-electron chi connectivity index (χ0n) is 17.1. The largest absolute Gasteiger partial charge is 0.495 e. The van der Waals surface area contributed by atoms with Gasteiger partial charge in [0.1, 0.15) is 11.8 Å². The van der Waals surface area contributed by atoms with Crippen molar-refractivity contribution in [2.45, 2.75) is 32.7 Å². The molecule has 2 aromatic rings. The van der Waals surface area contributed by atoms with Gasteiger partial charge in [-0.1, -0.05) is 41.4 Å². The van der Waals surface area contributed by atoms with E-state index in [1.165, 1.54) is 31.2 Å². The van der Waals surface area contributed by atoms with E-state index in [1.807, 2.05) is 25.1 Å². The van der Waals surface area contributed by atoms with Gasteiger partial charge in [-0.2, -0.15) is 0 Å². The van der Waals surface area contributed by atoms with E-state index in [0.29, 0.717) is 17.3 Å². The Morgan fingerprint density at radius 1 is 1.24 bits per heavy atom. The van der Waals surface area contributed by atoms with Crippen LogP contribution in [0.3, 0.4) is 0 Å². The standard InChI is InChI=1S/C21H27ClN2O4S/c1-15-7-5-8-17(13-15)9-6-12-23-21(25)16(2)24(29(4,26)27)19-14-18(22)10-11-20(19)28-3/h5,7-8,10-11,13-14,16H,6,9,12H2,1-4H3,(H,23,25)/t16-/m0/s1. The van der Waals surface area contributed by atoms with E-state index in [-0.39, 0.29) is 11.6 Å². The lowest BCUT2D eigenvalue weighted by atomic mass is 10.1. The number of rotatable bonds is 9. The van der Waals surface area contributed by atoms with Gasteiger partial charge in [0, 0.05) is 11.6 Å². The summed E-state index contributed by atoms with van der Waals surface area (Å²) in [5, 5.41) is 3.17. The highest BCUT2D eigenvalue weighted by molar-refractivity contribution is 7.92. The number of hydrogen-bond acceptors (Lipinski definition) is 4. The fourth-order valence-electron chi connectivity index (χ4n) is 3.14. The van der Waals surface area contributed by atoms with Crippen molar-refractivity contribution in [3.63, 3.8) is 0 Å². The normalized spacial score (nSPS) is 12.3. The third-order valence-corrected chi connectivity index (χ3v) is 5.95. The Kier molecular flexibility index (Phi) is 7.93. The number of halogens is 1. The van der Waals surface area contributed by atoms with Crippen LogP contribution in [0.2, 0.25) is 5.02 Å². The van der Waals surface area contributed by atoms with Crippen LogP contribution in [0.5, 0.6) is 5.75 Å². The number of carbonyl (C=O) groups excluding carboxylic acids is 1. The van der Waals surface area contributed by atoms with Crippen LogP contribution in [-0.2, 0) is 21.2 Å². The predicted octanol–water partition coefficient (Wildman–Crippen LogP) is 3.56. The minimum Gasteiger partial charge on any atom is -0.495 e. The topological polar surface area (TPSA) is 75.7 Å². The van der Waals surface area contributed by atoms with Gasteiger partial charge < -0.3 is 10.1 Å². The number of ether oxygens (including phenoxy) is 1. The third-order valence-electron chi connectivity index (χ3n) is 4.49. The van der Waals surface area contributed by atoms with Crippen molar-refractivity contribution in [2.24, 2.45) is 0 Å². The number of nitrogens with zero attached hydrogens (tertiary/aromatic N) is 1. The third kappa shape index (κ3) is 6.37. The predicted molar refractivity (Wildman–Crippen MR) is 117 cm³/mol. The minimum absolute atomic E-state index is 0.227. The van der Waals surface area contributed by atoms with Crippen molar-refractivity contribution >= 4 is 33.2 Å². The van der Waals surface area contributed by atoms with Crippen molar-refractivity contribution in [2.75, 3.05) is 24.2 Å².